The molecule has 0 aliphatic carbocycles. The van der Waals surface area contributed by atoms with Crippen molar-refractivity contribution in [2.24, 2.45) is 5.73 Å². The molecule has 5 nitrogen and oxygen atoms in total. The first kappa shape index (κ1) is 13.3. The number of rotatable bonds is 5. The van der Waals surface area contributed by atoms with Crippen LogP contribution in [0.5, 0.6) is 0 Å². The minimum atomic E-state index is -2.25. The quantitative estimate of drug-likeness (QED) is 0.624. The van der Waals surface area contributed by atoms with Crippen molar-refractivity contribution in [1.29, 1.82) is 0 Å². The third-order valence-corrected chi connectivity index (χ3v) is 2.68. The molecule has 1 aromatic carbocycles. The number of carboxylic acid groups (broad SMARTS) is 1. The number of carboxylic acids is 1. The van der Waals surface area contributed by atoms with Gasteiger partial charge < -0.3 is 15.9 Å². The molecule has 92 valence electrons. The lowest BCUT2D eigenvalue weighted by atomic mass is 9.86. The van der Waals surface area contributed by atoms with Gasteiger partial charge in [0.25, 0.3) is 0 Å². The first-order chi connectivity index (χ1) is 7.89. The van der Waals surface area contributed by atoms with Gasteiger partial charge in [0, 0.05) is 6.42 Å². The molecule has 2 atom stereocenters. The Morgan fingerprint density at radius 1 is 1.35 bits per heavy atom. The lowest BCUT2D eigenvalue weighted by Crippen LogP contribution is -2.62. The van der Waals surface area contributed by atoms with Crippen molar-refractivity contribution in [2.45, 2.75) is 25.0 Å². The van der Waals surface area contributed by atoms with E-state index in [4.69, 9.17) is 10.8 Å². The number of aliphatic carboxylic acids is 1. The number of aliphatic hydroxyl groups excluding tert-OH is 1. The fourth-order valence-corrected chi connectivity index (χ4v) is 1.46. The molecule has 1 aromatic rings. The van der Waals surface area contributed by atoms with Crippen LogP contribution in [0.1, 0.15) is 12.5 Å². The predicted octanol–water partition coefficient (Wildman–Crippen LogP) is -0.0389. The van der Waals surface area contributed by atoms with E-state index in [1.54, 1.807) is 30.3 Å². The number of aliphatic hydroxyl groups is 1. The van der Waals surface area contributed by atoms with E-state index < -0.39 is 23.4 Å². The molecular weight excluding hydrogens is 222 g/mol. The van der Waals surface area contributed by atoms with Crippen LogP contribution in [0, 0.1) is 0 Å². The highest BCUT2D eigenvalue weighted by Gasteiger charge is 2.46. The van der Waals surface area contributed by atoms with Crippen LogP contribution in [0.3, 0.4) is 0 Å². The van der Waals surface area contributed by atoms with Crippen molar-refractivity contribution < 1.29 is 19.8 Å². The molecule has 2 unspecified atom stereocenters. The summed E-state index contributed by atoms with van der Waals surface area (Å²) in [5.74, 6) is -2.24. The van der Waals surface area contributed by atoms with Crippen LogP contribution >= 0.6 is 0 Å². The number of hydrogen-bond acceptors (Lipinski definition) is 4. The molecule has 0 saturated heterocycles. The van der Waals surface area contributed by atoms with Crippen LogP contribution in [0.2, 0.25) is 0 Å². The number of carbonyl (C=O) groups excluding carboxylic acids is 1. The number of nitrogens with two attached hydrogens (primary N) is 1. The largest absolute Gasteiger partial charge is 0.479 e. The van der Waals surface area contributed by atoms with Crippen molar-refractivity contribution >= 4 is 11.8 Å². The van der Waals surface area contributed by atoms with Gasteiger partial charge in [-0.25, -0.2) is 4.79 Å². The molecule has 0 spiro atoms. The summed E-state index contributed by atoms with van der Waals surface area (Å²) in [6.07, 6.45) is -1.56. The number of hydrogen-bond donors (Lipinski definition) is 3. The Labute approximate surface area is 98.9 Å². The summed E-state index contributed by atoms with van der Waals surface area (Å²) in [5.41, 5.74) is 3.88. The zero-order valence-corrected chi connectivity index (χ0v) is 9.46. The summed E-state index contributed by atoms with van der Waals surface area (Å²) in [7, 11) is 0. The molecule has 0 radical (unpaired) electrons. The van der Waals surface area contributed by atoms with Crippen molar-refractivity contribution in [1.82, 2.24) is 0 Å². The van der Waals surface area contributed by atoms with Crippen molar-refractivity contribution in [3.8, 4) is 0 Å². The Bertz CT molecular complexity index is 416. The van der Waals surface area contributed by atoms with Gasteiger partial charge in [-0.05, 0) is 12.5 Å². The highest BCUT2D eigenvalue weighted by molar-refractivity contribution is 6.09. The van der Waals surface area contributed by atoms with Crippen LogP contribution in [0.25, 0.3) is 0 Å². The number of benzene rings is 1. The second kappa shape index (κ2) is 5.07. The van der Waals surface area contributed by atoms with Crippen LogP contribution in [0.15, 0.2) is 30.3 Å². The third-order valence-electron chi connectivity index (χ3n) is 2.68. The molecule has 0 aromatic heterocycles. The van der Waals surface area contributed by atoms with E-state index in [0.717, 1.165) is 0 Å². The van der Waals surface area contributed by atoms with Gasteiger partial charge in [0.15, 0.2) is 11.3 Å². The summed E-state index contributed by atoms with van der Waals surface area (Å²) in [4.78, 5) is 22.8. The first-order valence-electron chi connectivity index (χ1n) is 5.16. The minimum Gasteiger partial charge on any atom is -0.479 e. The zero-order chi connectivity index (χ0) is 13.1. The highest BCUT2D eigenvalue weighted by Crippen LogP contribution is 2.13. The van der Waals surface area contributed by atoms with E-state index in [2.05, 4.69) is 0 Å². The molecule has 0 bridgehead atoms. The average Bonchev–Trinajstić information content (AvgIpc) is 2.28. The SMILES string of the molecule is CC(O)C(N)(C(=O)O)C(=O)Cc1ccccc1. The third kappa shape index (κ3) is 2.69. The topological polar surface area (TPSA) is 101 Å². The van der Waals surface area contributed by atoms with E-state index in [0.29, 0.717) is 5.56 Å². The fraction of sp³-hybridized carbons (Fsp3) is 0.333. The average molecular weight is 237 g/mol. The molecule has 17 heavy (non-hydrogen) atoms. The van der Waals surface area contributed by atoms with E-state index in [9.17, 15) is 14.7 Å². The Morgan fingerprint density at radius 3 is 2.29 bits per heavy atom. The summed E-state index contributed by atoms with van der Waals surface area (Å²) >= 11 is 0. The molecule has 0 aliphatic rings. The smallest absolute Gasteiger partial charge is 0.334 e. The second-order valence-electron chi connectivity index (χ2n) is 3.94. The van der Waals surface area contributed by atoms with E-state index in [1.165, 1.54) is 6.92 Å². The Morgan fingerprint density at radius 2 is 1.88 bits per heavy atom. The number of Topliss-reactive ketones (excluding diaryl/α,β-unsaturated/α-hetero) is 1. The Kier molecular flexibility index (Phi) is 3.98. The van der Waals surface area contributed by atoms with Crippen molar-refractivity contribution in [3.05, 3.63) is 35.9 Å². The minimum absolute atomic E-state index is 0.117. The summed E-state index contributed by atoms with van der Waals surface area (Å²) in [5, 5.41) is 18.3. The Balaban J connectivity index is 2.92. The van der Waals surface area contributed by atoms with Gasteiger partial charge in [-0.15, -0.1) is 0 Å². The van der Waals surface area contributed by atoms with Crippen LogP contribution < -0.4 is 5.73 Å². The molecule has 0 aliphatic heterocycles. The van der Waals surface area contributed by atoms with E-state index in [-0.39, 0.29) is 6.42 Å². The molecule has 0 fully saturated rings. The molecule has 5 heteroatoms. The lowest BCUT2D eigenvalue weighted by Gasteiger charge is -2.26. The molecule has 0 saturated carbocycles. The van der Waals surface area contributed by atoms with Crippen molar-refractivity contribution in [2.75, 3.05) is 0 Å². The lowest BCUT2D eigenvalue weighted by molar-refractivity contribution is -0.152. The zero-order valence-electron chi connectivity index (χ0n) is 9.46. The van der Waals surface area contributed by atoms with Crippen LogP contribution in [-0.2, 0) is 16.0 Å². The second-order valence-corrected chi connectivity index (χ2v) is 3.94. The van der Waals surface area contributed by atoms with Crippen LogP contribution in [0.4, 0.5) is 0 Å². The summed E-state index contributed by atoms with van der Waals surface area (Å²) in [6, 6.07) is 8.66. The van der Waals surface area contributed by atoms with E-state index in [1.807, 2.05) is 0 Å². The molecule has 1 rings (SSSR count). The number of carbonyl (C=O) groups is 2. The fourth-order valence-electron chi connectivity index (χ4n) is 1.46. The predicted molar refractivity (Wildman–Crippen MR) is 61.4 cm³/mol. The molecule has 4 N–H and O–H groups in total. The van der Waals surface area contributed by atoms with Gasteiger partial charge >= 0.3 is 5.97 Å². The maximum Gasteiger partial charge on any atom is 0.334 e. The summed E-state index contributed by atoms with van der Waals surface area (Å²) in [6.45, 7) is 1.19. The van der Waals surface area contributed by atoms with Gasteiger partial charge in [-0.2, -0.15) is 0 Å². The molecule has 0 amide bonds. The van der Waals surface area contributed by atoms with Gasteiger partial charge in [0.2, 0.25) is 0 Å². The van der Waals surface area contributed by atoms with Crippen LogP contribution in [-0.4, -0.2) is 33.6 Å². The standard InChI is InChI=1S/C12H15NO4/c1-8(14)12(13,11(16)17)10(15)7-9-5-3-2-4-6-9/h2-6,8,14H,7,13H2,1H3,(H,16,17). The van der Waals surface area contributed by atoms with Gasteiger partial charge in [-0.1, -0.05) is 30.3 Å². The molecular formula is C12H15NO4. The van der Waals surface area contributed by atoms with Gasteiger partial charge in [-0.3, -0.25) is 4.79 Å². The summed E-state index contributed by atoms with van der Waals surface area (Å²) < 4.78 is 0. The molecule has 0 heterocycles. The van der Waals surface area contributed by atoms with Gasteiger partial charge in [0.1, 0.15) is 0 Å². The monoisotopic (exact) mass is 237 g/mol. The maximum absolute atomic E-state index is 11.9. The van der Waals surface area contributed by atoms with Gasteiger partial charge in [0.05, 0.1) is 6.10 Å². The maximum atomic E-state index is 11.9. The number of ketones is 1. The normalized spacial score (nSPS) is 15.9. The van der Waals surface area contributed by atoms with E-state index >= 15 is 0 Å². The van der Waals surface area contributed by atoms with Crippen molar-refractivity contribution in [3.63, 3.8) is 0 Å². The Hall–Kier alpha value is -1.72. The highest BCUT2D eigenvalue weighted by atomic mass is 16.4. The first-order valence-corrected chi connectivity index (χ1v) is 5.16.